The molecule has 0 unspecified atom stereocenters. The smallest absolute Gasteiger partial charge is 0.146 e. The Hall–Kier alpha value is -0.763. The minimum Gasteiger partial charge on any atom is -0.146 e. The van der Waals surface area contributed by atoms with E-state index in [4.69, 9.17) is 22.2 Å². The van der Waals surface area contributed by atoms with Crippen molar-refractivity contribution in [2.24, 2.45) is 0 Å². The fourth-order valence-electron chi connectivity index (χ4n) is 1.80. The molecule has 0 heterocycles. The van der Waals surface area contributed by atoms with Gasteiger partial charge in [0, 0.05) is 0 Å². The third kappa shape index (κ3) is 3.88. The summed E-state index contributed by atoms with van der Waals surface area (Å²) < 4.78 is 0. The molecule has 2 rings (SSSR count). The van der Waals surface area contributed by atoms with Crippen LogP contribution in [0.3, 0.4) is 0 Å². The van der Waals surface area contributed by atoms with Crippen molar-refractivity contribution in [3.63, 3.8) is 0 Å². The molecular formula is C14H14Cl2Si. The Balaban J connectivity index is 2.19. The molecule has 0 radical (unpaired) electrons. The van der Waals surface area contributed by atoms with E-state index in [0.29, 0.717) is 0 Å². The Morgan fingerprint density at radius 2 is 1.35 bits per heavy atom. The van der Waals surface area contributed by atoms with Crippen molar-refractivity contribution in [1.82, 2.24) is 0 Å². The van der Waals surface area contributed by atoms with Gasteiger partial charge in [0.1, 0.15) is 0 Å². The van der Waals surface area contributed by atoms with Crippen LogP contribution in [0, 0.1) is 0 Å². The molecule has 0 spiro atoms. The summed E-state index contributed by atoms with van der Waals surface area (Å²) in [4.78, 5) is 0. The lowest BCUT2D eigenvalue weighted by molar-refractivity contribution is 1.37. The molecule has 0 aliphatic carbocycles. The predicted octanol–water partition coefficient (Wildman–Crippen LogP) is 4.98. The van der Waals surface area contributed by atoms with E-state index in [1.165, 1.54) is 16.7 Å². The molecule has 88 valence electrons. The van der Waals surface area contributed by atoms with Gasteiger partial charge in [-0.05, 0) is 29.3 Å². The van der Waals surface area contributed by atoms with Gasteiger partial charge in [0.25, 0.3) is 6.69 Å². The molecule has 0 aliphatic rings. The average Bonchev–Trinajstić information content (AvgIpc) is 2.29. The molecule has 3 heteroatoms. The van der Waals surface area contributed by atoms with Gasteiger partial charge in [-0.15, -0.1) is 22.2 Å². The van der Waals surface area contributed by atoms with E-state index in [9.17, 15) is 0 Å². The summed E-state index contributed by atoms with van der Waals surface area (Å²) in [7, 11) is 0. The number of hydrogen-bond acceptors (Lipinski definition) is 0. The van der Waals surface area contributed by atoms with Crippen LogP contribution in [0.25, 0.3) is 11.1 Å². The first-order valence-electron chi connectivity index (χ1n) is 5.57. The van der Waals surface area contributed by atoms with E-state index in [1.807, 2.05) is 24.7 Å². The van der Waals surface area contributed by atoms with E-state index in [1.54, 1.807) is 0 Å². The lowest BCUT2D eigenvalue weighted by Gasteiger charge is -2.10. The Morgan fingerprint density at radius 3 is 1.88 bits per heavy atom. The van der Waals surface area contributed by atoms with Crippen LogP contribution in [0.1, 0.15) is 5.56 Å². The van der Waals surface area contributed by atoms with Crippen molar-refractivity contribution >= 4 is 28.9 Å². The molecule has 0 N–H and O–H groups in total. The molecule has 0 aliphatic heterocycles. The highest BCUT2D eigenvalue weighted by Crippen LogP contribution is 2.23. The van der Waals surface area contributed by atoms with E-state index in [0.717, 1.165) is 6.04 Å². The van der Waals surface area contributed by atoms with Crippen molar-refractivity contribution in [1.29, 1.82) is 0 Å². The van der Waals surface area contributed by atoms with Crippen LogP contribution in [0.2, 0.25) is 6.55 Å². The van der Waals surface area contributed by atoms with Crippen molar-refractivity contribution in [2.75, 3.05) is 0 Å². The van der Waals surface area contributed by atoms with Gasteiger partial charge in [-0.2, -0.15) is 0 Å². The Labute approximate surface area is 113 Å². The lowest BCUT2D eigenvalue weighted by Crippen LogP contribution is -2.17. The molecule has 2 aromatic carbocycles. The third-order valence-electron chi connectivity index (χ3n) is 2.58. The maximum atomic E-state index is 6.13. The van der Waals surface area contributed by atoms with Gasteiger partial charge in [0.05, 0.1) is 0 Å². The zero-order valence-electron chi connectivity index (χ0n) is 9.66. The first kappa shape index (κ1) is 12.7. The first-order valence-corrected chi connectivity index (χ1v) is 10.3. The van der Waals surface area contributed by atoms with Gasteiger partial charge < -0.3 is 0 Å². The van der Waals surface area contributed by atoms with E-state index in [2.05, 4.69) is 36.4 Å². The highest BCUT2D eigenvalue weighted by atomic mass is 35.7. The van der Waals surface area contributed by atoms with Gasteiger partial charge in [-0.1, -0.05) is 54.6 Å². The summed E-state index contributed by atoms with van der Waals surface area (Å²) in [6.07, 6.45) is 0. The van der Waals surface area contributed by atoms with Crippen LogP contribution in [0.5, 0.6) is 0 Å². The third-order valence-corrected chi connectivity index (χ3v) is 4.41. The van der Waals surface area contributed by atoms with Gasteiger partial charge in [0.15, 0.2) is 0 Å². The number of benzene rings is 2. The van der Waals surface area contributed by atoms with Crippen molar-refractivity contribution in [3.05, 3.63) is 60.2 Å². The monoisotopic (exact) mass is 280 g/mol. The van der Waals surface area contributed by atoms with Crippen molar-refractivity contribution in [2.45, 2.75) is 12.6 Å². The molecular weight excluding hydrogens is 267 g/mol. The summed E-state index contributed by atoms with van der Waals surface area (Å²) in [6, 6.07) is 19.6. The van der Waals surface area contributed by atoms with Gasteiger partial charge >= 0.3 is 0 Å². The van der Waals surface area contributed by atoms with Gasteiger partial charge in [-0.25, -0.2) is 0 Å². The van der Waals surface area contributed by atoms with Crippen LogP contribution in [0.15, 0.2) is 54.6 Å². The number of halogens is 2. The van der Waals surface area contributed by atoms with Crippen LogP contribution < -0.4 is 0 Å². The van der Waals surface area contributed by atoms with E-state index < -0.39 is 6.69 Å². The number of hydrogen-bond donors (Lipinski definition) is 0. The van der Waals surface area contributed by atoms with Crippen molar-refractivity contribution < 1.29 is 0 Å². The van der Waals surface area contributed by atoms with E-state index >= 15 is 0 Å². The number of rotatable bonds is 3. The second-order valence-corrected chi connectivity index (χ2v) is 12.4. The lowest BCUT2D eigenvalue weighted by atomic mass is 10.0. The first-order chi connectivity index (χ1) is 8.04. The molecule has 0 nitrogen and oxygen atoms in total. The van der Waals surface area contributed by atoms with Gasteiger partial charge in [-0.3, -0.25) is 0 Å². The average molecular weight is 281 g/mol. The maximum absolute atomic E-state index is 6.13. The molecule has 0 bridgehead atoms. The quantitative estimate of drug-likeness (QED) is 0.549. The summed E-state index contributed by atoms with van der Waals surface area (Å²) in [5.74, 6) is 0. The summed E-state index contributed by atoms with van der Waals surface area (Å²) in [5, 5.41) is 0. The molecule has 0 fully saturated rings. The maximum Gasteiger partial charge on any atom is 0.252 e. The van der Waals surface area contributed by atoms with Crippen LogP contribution in [-0.4, -0.2) is 6.69 Å². The summed E-state index contributed by atoms with van der Waals surface area (Å²) >= 11 is 12.3. The minimum absolute atomic E-state index is 0.797. The molecule has 0 aromatic heterocycles. The fourth-order valence-corrected chi connectivity index (χ4v) is 3.68. The van der Waals surface area contributed by atoms with Crippen LogP contribution in [-0.2, 0) is 6.04 Å². The van der Waals surface area contributed by atoms with Crippen LogP contribution >= 0.6 is 22.2 Å². The minimum atomic E-state index is -2.05. The van der Waals surface area contributed by atoms with E-state index in [-0.39, 0.29) is 0 Å². The van der Waals surface area contributed by atoms with Crippen molar-refractivity contribution in [3.8, 4) is 11.1 Å². The molecule has 0 amide bonds. The molecule has 0 saturated carbocycles. The summed E-state index contributed by atoms with van der Waals surface area (Å²) in [5.41, 5.74) is 3.67. The standard InChI is InChI=1S/C14H14Cl2Si/c1-17(15,16)11-12-7-9-14(10-8-12)13-5-3-2-4-6-13/h2-10H,11H2,1H3. The second-order valence-electron chi connectivity index (χ2n) is 4.31. The highest BCUT2D eigenvalue weighted by Gasteiger charge is 2.21. The summed E-state index contributed by atoms with van der Waals surface area (Å²) in [6.45, 7) is -0.105. The second kappa shape index (κ2) is 5.26. The van der Waals surface area contributed by atoms with Crippen LogP contribution in [0.4, 0.5) is 0 Å². The zero-order valence-corrected chi connectivity index (χ0v) is 12.2. The Morgan fingerprint density at radius 1 is 0.824 bits per heavy atom. The Bertz CT molecular complexity index is 472. The zero-order chi connectivity index (χ0) is 12.3. The molecule has 0 saturated heterocycles. The SMILES string of the molecule is C[Si](Cl)(Cl)Cc1ccc(-c2ccccc2)cc1. The fraction of sp³-hybridized carbons (Fsp3) is 0.143. The highest BCUT2D eigenvalue weighted by molar-refractivity contribution is 7.44. The predicted molar refractivity (Wildman–Crippen MR) is 78.9 cm³/mol. The largest absolute Gasteiger partial charge is 0.252 e. The molecule has 2 aromatic rings. The molecule has 17 heavy (non-hydrogen) atoms. The topological polar surface area (TPSA) is 0 Å². The normalized spacial score (nSPS) is 11.5. The molecule has 0 atom stereocenters. The van der Waals surface area contributed by atoms with Gasteiger partial charge in [0.2, 0.25) is 0 Å². The Kier molecular flexibility index (Phi) is 3.92.